The van der Waals surface area contributed by atoms with Crippen LogP contribution in [0.5, 0.6) is 0 Å². The van der Waals surface area contributed by atoms with Crippen molar-refractivity contribution in [1.29, 1.82) is 0 Å². The number of halogens is 3. The lowest BCUT2D eigenvalue weighted by Gasteiger charge is -2.15. The van der Waals surface area contributed by atoms with Crippen LogP contribution < -0.4 is 0 Å². The molecular weight excluding hydrogens is 273 g/mol. The summed E-state index contributed by atoms with van der Waals surface area (Å²) in [5.41, 5.74) is 1.53. The van der Waals surface area contributed by atoms with Gasteiger partial charge in [0.2, 0.25) is 6.10 Å². The summed E-state index contributed by atoms with van der Waals surface area (Å²) in [6.07, 6.45) is -4.63. The molecule has 5 heteroatoms. The number of benzene rings is 1. The smallest absolute Gasteiger partial charge is 0.429 e. The van der Waals surface area contributed by atoms with Gasteiger partial charge in [0.05, 0.1) is 0 Å². The van der Waals surface area contributed by atoms with Crippen LogP contribution in [0.15, 0.2) is 41.1 Å². The maximum Gasteiger partial charge on any atom is 0.429 e. The maximum absolute atomic E-state index is 12.9. The highest BCUT2D eigenvalue weighted by molar-refractivity contribution is 7.08. The summed E-state index contributed by atoms with van der Waals surface area (Å²) in [5.74, 6) is 0.274. The summed E-state index contributed by atoms with van der Waals surface area (Å²) in [6.45, 7) is 0. The molecule has 1 unspecified atom stereocenters. The third-order valence-corrected chi connectivity index (χ3v) is 3.59. The van der Waals surface area contributed by atoms with Crippen LogP contribution in [-0.4, -0.2) is 6.18 Å². The van der Waals surface area contributed by atoms with Gasteiger partial charge in [0, 0.05) is 11.1 Å². The minimum Gasteiger partial charge on any atom is -0.475 e. The van der Waals surface area contributed by atoms with E-state index in [-0.39, 0.29) is 11.3 Å². The van der Waals surface area contributed by atoms with E-state index in [0.717, 1.165) is 5.56 Å². The van der Waals surface area contributed by atoms with E-state index < -0.39 is 12.3 Å². The first kappa shape index (κ1) is 12.3. The normalized spacial score (nSPS) is 20.4. The van der Waals surface area contributed by atoms with Crippen LogP contribution in [0.2, 0.25) is 0 Å². The predicted molar refractivity (Wildman–Crippen MR) is 68.5 cm³/mol. The Morgan fingerprint density at radius 3 is 2.63 bits per heavy atom. The molecule has 1 aromatic heterocycles. The van der Waals surface area contributed by atoms with Crippen LogP contribution in [0, 0.1) is 0 Å². The van der Waals surface area contributed by atoms with Gasteiger partial charge >= 0.3 is 6.18 Å². The molecule has 3 rings (SSSR count). The second-order valence-corrected chi connectivity index (χ2v) is 4.97. The Balaban J connectivity index is 2.07. The molecule has 0 fully saturated rings. The molecule has 1 aliphatic heterocycles. The molecule has 0 spiro atoms. The molecular formula is C14H9F3OS. The second kappa shape index (κ2) is 4.42. The van der Waals surface area contributed by atoms with E-state index in [9.17, 15) is 13.2 Å². The molecule has 0 amide bonds. The minimum atomic E-state index is -4.40. The van der Waals surface area contributed by atoms with E-state index in [1.54, 1.807) is 24.3 Å². The lowest BCUT2D eigenvalue weighted by molar-refractivity contribution is -0.201. The summed E-state index contributed by atoms with van der Waals surface area (Å²) in [7, 11) is 0. The average Bonchev–Trinajstić information content (AvgIpc) is 2.97. The average molecular weight is 282 g/mol. The van der Waals surface area contributed by atoms with E-state index in [0.29, 0.717) is 5.56 Å². The molecule has 0 aliphatic carbocycles. The van der Waals surface area contributed by atoms with Crippen LogP contribution >= 0.6 is 11.3 Å². The van der Waals surface area contributed by atoms with Crippen molar-refractivity contribution in [2.75, 3.05) is 0 Å². The quantitative estimate of drug-likeness (QED) is 0.724. The highest BCUT2D eigenvalue weighted by Crippen LogP contribution is 2.47. The monoisotopic (exact) mass is 282 g/mol. The van der Waals surface area contributed by atoms with Crippen molar-refractivity contribution in [2.24, 2.45) is 0 Å². The predicted octanol–water partition coefficient (Wildman–Crippen LogP) is 4.88. The van der Waals surface area contributed by atoms with Crippen LogP contribution in [-0.2, 0) is 4.74 Å². The number of thiophene rings is 1. The van der Waals surface area contributed by atoms with E-state index in [1.807, 2.05) is 16.8 Å². The van der Waals surface area contributed by atoms with Gasteiger partial charge < -0.3 is 4.74 Å². The van der Waals surface area contributed by atoms with Crippen molar-refractivity contribution in [1.82, 2.24) is 0 Å². The van der Waals surface area contributed by atoms with E-state index >= 15 is 0 Å². The molecule has 2 aromatic rings. The Hall–Kier alpha value is -1.75. The van der Waals surface area contributed by atoms with Crippen molar-refractivity contribution in [3.8, 4) is 0 Å². The van der Waals surface area contributed by atoms with Gasteiger partial charge in [0.15, 0.2) is 0 Å². The molecule has 1 aliphatic rings. The zero-order chi connectivity index (χ0) is 13.5. The molecule has 0 saturated heterocycles. The fourth-order valence-corrected chi connectivity index (χ4v) is 2.69. The zero-order valence-electron chi connectivity index (χ0n) is 9.65. The van der Waals surface area contributed by atoms with Crippen molar-refractivity contribution in [2.45, 2.75) is 12.3 Å². The molecule has 0 N–H and O–H groups in total. The Morgan fingerprint density at radius 1 is 1.16 bits per heavy atom. The van der Waals surface area contributed by atoms with Gasteiger partial charge in [-0.3, -0.25) is 0 Å². The van der Waals surface area contributed by atoms with Gasteiger partial charge in [0.1, 0.15) is 5.76 Å². The number of fused-ring (bicyclic) bond motifs is 1. The Labute approximate surface area is 112 Å². The summed E-state index contributed by atoms with van der Waals surface area (Å²) in [5, 5.41) is 3.73. The van der Waals surface area contributed by atoms with Crippen molar-refractivity contribution in [3.63, 3.8) is 0 Å². The topological polar surface area (TPSA) is 9.23 Å². The SMILES string of the molecule is FC(F)(F)C1O/C(=C\c2ccsc2)c2ccccc21. The third kappa shape index (κ3) is 2.26. The molecule has 0 radical (unpaired) electrons. The molecule has 2 heterocycles. The summed E-state index contributed by atoms with van der Waals surface area (Å²) in [6, 6.07) is 8.25. The fraction of sp³-hybridized carbons (Fsp3) is 0.143. The lowest BCUT2D eigenvalue weighted by Crippen LogP contribution is -2.19. The van der Waals surface area contributed by atoms with Crippen LogP contribution in [0.4, 0.5) is 13.2 Å². The first-order valence-corrected chi connectivity index (χ1v) is 6.56. The number of rotatable bonds is 1. The van der Waals surface area contributed by atoms with Crippen LogP contribution in [0.3, 0.4) is 0 Å². The molecule has 1 nitrogen and oxygen atoms in total. The lowest BCUT2D eigenvalue weighted by atomic mass is 10.0. The van der Waals surface area contributed by atoms with Gasteiger partial charge in [-0.05, 0) is 28.5 Å². The Bertz CT molecular complexity index is 614. The summed E-state index contributed by atoms with van der Waals surface area (Å²) in [4.78, 5) is 0. The molecule has 0 saturated carbocycles. The highest BCUT2D eigenvalue weighted by atomic mass is 32.1. The summed E-state index contributed by atoms with van der Waals surface area (Å²) < 4.78 is 43.9. The van der Waals surface area contributed by atoms with Gasteiger partial charge in [-0.1, -0.05) is 24.3 Å². The second-order valence-electron chi connectivity index (χ2n) is 4.19. The molecule has 1 atom stereocenters. The number of hydrogen-bond donors (Lipinski definition) is 0. The minimum absolute atomic E-state index is 0.177. The van der Waals surface area contributed by atoms with Crippen LogP contribution in [0.25, 0.3) is 11.8 Å². The van der Waals surface area contributed by atoms with Gasteiger partial charge in [-0.2, -0.15) is 24.5 Å². The first-order valence-electron chi connectivity index (χ1n) is 5.62. The summed E-state index contributed by atoms with van der Waals surface area (Å²) >= 11 is 1.49. The number of ether oxygens (including phenoxy) is 1. The Morgan fingerprint density at radius 2 is 1.95 bits per heavy atom. The zero-order valence-corrected chi connectivity index (χ0v) is 10.5. The van der Waals surface area contributed by atoms with E-state index in [2.05, 4.69) is 0 Å². The standard InChI is InChI=1S/C14H9F3OS/c15-14(16,17)13-11-4-2-1-3-10(11)12(18-13)7-9-5-6-19-8-9/h1-8,13H/b12-7-. The number of alkyl halides is 3. The van der Waals surface area contributed by atoms with Crippen molar-refractivity contribution in [3.05, 3.63) is 57.8 Å². The largest absolute Gasteiger partial charge is 0.475 e. The molecule has 19 heavy (non-hydrogen) atoms. The highest BCUT2D eigenvalue weighted by Gasteiger charge is 2.48. The molecule has 0 bridgehead atoms. The van der Waals surface area contributed by atoms with Gasteiger partial charge in [-0.15, -0.1) is 0 Å². The van der Waals surface area contributed by atoms with Crippen LogP contribution in [0.1, 0.15) is 22.8 Å². The number of hydrogen-bond acceptors (Lipinski definition) is 2. The Kier molecular flexibility index (Phi) is 2.86. The van der Waals surface area contributed by atoms with Gasteiger partial charge in [0.25, 0.3) is 0 Å². The van der Waals surface area contributed by atoms with Crippen molar-refractivity contribution >= 4 is 23.2 Å². The van der Waals surface area contributed by atoms with E-state index in [4.69, 9.17) is 4.74 Å². The molecule has 1 aromatic carbocycles. The van der Waals surface area contributed by atoms with E-state index in [1.165, 1.54) is 17.4 Å². The van der Waals surface area contributed by atoms with Gasteiger partial charge in [-0.25, -0.2) is 0 Å². The fourth-order valence-electron chi connectivity index (χ4n) is 2.07. The third-order valence-electron chi connectivity index (χ3n) is 2.89. The maximum atomic E-state index is 12.9. The van der Waals surface area contributed by atoms with Crippen molar-refractivity contribution < 1.29 is 17.9 Å². The molecule has 98 valence electrons. The first-order chi connectivity index (χ1) is 9.05.